The lowest BCUT2D eigenvalue weighted by molar-refractivity contribution is 0.272. The molecule has 0 bridgehead atoms. The Bertz CT molecular complexity index is 5450. The van der Waals surface area contributed by atoms with Crippen molar-refractivity contribution in [3.63, 3.8) is 0 Å². The fourth-order valence-corrected chi connectivity index (χ4v) is 9.37. The number of nitrogens with zero attached hydrogens (tertiary/aromatic N) is 2. The van der Waals surface area contributed by atoms with Crippen LogP contribution in [0.25, 0.3) is 75.9 Å². The Morgan fingerprint density at radius 2 is 0.633 bits per heavy atom. The number of halogens is 3. The summed E-state index contributed by atoms with van der Waals surface area (Å²) in [6.45, 7) is 25.1. The first-order valence-electron chi connectivity index (χ1n) is 33.2. The molecule has 0 amide bonds. The monoisotopic (exact) mass is 1500 g/mol. The van der Waals surface area contributed by atoms with E-state index in [0.29, 0.717) is 61.5 Å². The third-order valence-corrected chi connectivity index (χ3v) is 15.2. The number of aromatic nitrogens is 4. The number of rotatable bonds is 21. The number of aromatic hydroxyl groups is 12. The van der Waals surface area contributed by atoms with Crippen LogP contribution in [-0.2, 0) is 38.5 Å². The first-order valence-corrected chi connectivity index (χ1v) is 33.2. The third kappa shape index (κ3) is 24.1. The van der Waals surface area contributed by atoms with Crippen LogP contribution >= 0.6 is 0 Å². The zero-order chi connectivity index (χ0) is 79.4. The number of alkyl halides is 3. The van der Waals surface area contributed by atoms with Gasteiger partial charge >= 0.3 is 0 Å². The average Bonchev–Trinajstić information content (AvgIpc) is 1.79. The number of H-pyrrole nitrogens is 2. The summed E-state index contributed by atoms with van der Waals surface area (Å²) >= 11 is 0. The first-order chi connectivity index (χ1) is 52.1. The summed E-state index contributed by atoms with van der Waals surface area (Å²) in [6, 6.07) is 26.2. The van der Waals surface area contributed by atoms with E-state index in [0.717, 1.165) is 39.3 Å². The van der Waals surface area contributed by atoms with E-state index in [1.165, 1.54) is 11.8 Å². The predicted molar refractivity (Wildman–Crippen MR) is 401 cm³/mol. The van der Waals surface area contributed by atoms with Crippen LogP contribution in [0.3, 0.4) is 0 Å². The third-order valence-electron chi connectivity index (χ3n) is 15.2. The lowest BCUT2D eigenvalue weighted by Crippen LogP contribution is -2.01. The molecule has 10 heterocycles. The Kier molecular flexibility index (Phi) is 30.2. The molecule has 0 saturated heterocycles. The van der Waals surface area contributed by atoms with Gasteiger partial charge in [0.2, 0.25) is 69.0 Å². The molecule has 0 aliphatic heterocycles. The number of furan rings is 6. The van der Waals surface area contributed by atoms with Gasteiger partial charge in [0.15, 0.2) is 65.0 Å². The maximum absolute atomic E-state index is 11.9. The van der Waals surface area contributed by atoms with Crippen molar-refractivity contribution < 1.29 is 115 Å². The van der Waals surface area contributed by atoms with Gasteiger partial charge in [0.1, 0.15) is 57.1 Å². The van der Waals surface area contributed by atoms with Crippen LogP contribution in [0, 0.1) is 20.8 Å². The average molecular weight is 1500 g/mol. The Labute approximate surface area is 619 Å². The van der Waals surface area contributed by atoms with Crippen LogP contribution in [0.4, 0.5) is 13.2 Å². The summed E-state index contributed by atoms with van der Waals surface area (Å²) in [6.07, 6.45) is 19.7. The van der Waals surface area contributed by atoms with E-state index in [-0.39, 0.29) is 154 Å². The molecule has 12 aromatic rings. The zero-order valence-electron chi connectivity index (χ0n) is 59.7. The number of aryl methyl sites for hydroxylation is 3. The standard InChI is InChI=1S/C15H15FO4.C14H14FNO4.C14H14O3.C13H14FNO4.C13H13NO3.C12H13NO3/c1-10-14(17)15(18)13(20-10)7-4-11-2-5-12(6-3-11)19-9-8-16;1-9-13(17)14(18)12(20-9)5-3-10-2-4-11(8-16-10)19-7-6-15;1-9-3-5-11(6-4-9)7-8-12-14(16)13(15)10(2)17-12;1-8-12(16)13(17)11(19-8)3-2-9-6-10(7-15-9)18-5-4-14;1-8-3-4-10(14-7-8)5-6-11-13(16)12(15)9(2)17-11;1-7-5-9(13-6-7)3-4-10-12(15)11(14)8(2)16-10/h2-3,5-7,17-18H,1,4,8-9H2;2,4-5,8,17-18H,1,3,6-7H2;3-6,8,15-16H,2,7H2,1H3;3,6-7,15-17H,1-2,4-5H2;3-4,6-7,15-16H,2,5H2,1H3;4-6,13-15H,2-3H2,1H3/b13-7+;12-5+;12-8+;11-3+;11-6+;10-4+/i16-1;15-1;;14-1;;. The van der Waals surface area contributed by atoms with Crippen LogP contribution in [0.1, 0.15) is 50.6 Å². The van der Waals surface area contributed by atoms with E-state index >= 15 is 0 Å². The second-order valence-corrected chi connectivity index (χ2v) is 23.6. The van der Waals surface area contributed by atoms with E-state index in [1.807, 2.05) is 81.6 Å². The van der Waals surface area contributed by atoms with Crippen molar-refractivity contribution in [2.75, 3.05) is 39.8 Å². The van der Waals surface area contributed by atoms with E-state index in [4.69, 9.17) is 40.7 Å². The van der Waals surface area contributed by atoms with Gasteiger partial charge in [0, 0.05) is 73.1 Å². The molecule has 28 heteroatoms. The molecule has 0 saturated carbocycles. The fourth-order valence-electron chi connectivity index (χ4n) is 9.37. The topological polar surface area (TPSA) is 407 Å². The van der Waals surface area contributed by atoms with Crippen molar-refractivity contribution in [1.82, 2.24) is 19.9 Å². The molecule has 0 aliphatic carbocycles. The molecule has 10 aromatic heterocycles. The summed E-state index contributed by atoms with van der Waals surface area (Å²) in [5, 5.41) is 113. The van der Waals surface area contributed by atoms with Crippen LogP contribution in [-0.4, -0.2) is 121 Å². The van der Waals surface area contributed by atoms with Gasteiger partial charge in [-0.3, -0.25) is 9.97 Å². The molecule has 12 rings (SSSR count). The molecule has 0 unspecified atom stereocenters. The molecular formula is C81H83F3N4O21. The quantitative estimate of drug-likeness (QED) is 0.0383. The minimum absolute atomic E-state index is 0.00102. The zero-order valence-corrected chi connectivity index (χ0v) is 59.7. The van der Waals surface area contributed by atoms with Gasteiger partial charge in [-0.05, 0) is 129 Å². The smallest absolute Gasteiger partial charge is 0.204 e. The molecule has 25 nitrogen and oxygen atoms in total. The number of pyridine rings is 2. The van der Waals surface area contributed by atoms with Gasteiger partial charge in [0.05, 0.1) is 6.20 Å². The number of hydrogen-bond acceptors (Lipinski definition) is 23. The highest BCUT2D eigenvalue weighted by atomic mass is 18.2. The number of hydrogen-bond donors (Lipinski definition) is 14. The Morgan fingerprint density at radius 1 is 0.330 bits per heavy atom. The molecule has 0 atom stereocenters. The minimum atomic E-state index is -0.551. The molecule has 0 radical (unpaired) electrons. The molecule has 14 N–H and O–H groups in total. The summed E-state index contributed by atoms with van der Waals surface area (Å²) in [4.78, 5) is 14.4. The first kappa shape index (κ1) is 82.5. The SMILES string of the molecule is C=c1o/c(=C/Cc2cc(C)c[nH]2)c(O)c1O.C=c1o/c(=C/Cc2cc(OCC[18F])c[nH]2)c(O)c1O.C=c1o/c(=C/Cc2ccc(C)cc2)c(O)c1O.C=c1o/c(=C/Cc2ccc(C)cn2)c(O)c1O.C=c1o/c(=C/Cc2ccc(OCC[18F])cc2)c(O)c1O.C=c1o/c(=C/Cc2ccc(OCC[18F])cn2)c(O)c1O. The molecular weight excluding hydrogens is 1420 g/mol. The van der Waals surface area contributed by atoms with E-state index in [1.54, 1.807) is 79.2 Å². The molecule has 0 spiro atoms. The lowest BCUT2D eigenvalue weighted by atomic mass is 10.1. The summed E-state index contributed by atoms with van der Waals surface area (Å²) in [5.41, 5.74) is 10.4. The van der Waals surface area contributed by atoms with Crippen molar-refractivity contribution in [2.45, 2.75) is 59.3 Å². The summed E-state index contributed by atoms with van der Waals surface area (Å²) < 4.78 is 81.7. The van der Waals surface area contributed by atoms with Crippen LogP contribution in [0.2, 0.25) is 0 Å². The second-order valence-electron chi connectivity index (χ2n) is 23.6. The van der Waals surface area contributed by atoms with E-state index in [2.05, 4.69) is 59.4 Å². The maximum atomic E-state index is 11.9. The summed E-state index contributed by atoms with van der Waals surface area (Å²) in [5.74, 6) is -2.07. The number of aromatic amines is 2. The Hall–Kier alpha value is -13.8. The van der Waals surface area contributed by atoms with Crippen molar-refractivity contribution >= 4 is 75.9 Å². The van der Waals surface area contributed by atoms with Gasteiger partial charge in [-0.2, -0.15) is 0 Å². The minimum Gasteiger partial charge on any atom is -0.502 e. The summed E-state index contributed by atoms with van der Waals surface area (Å²) in [7, 11) is 0. The number of ether oxygens (including phenoxy) is 3. The van der Waals surface area contributed by atoms with Crippen molar-refractivity contribution in [1.29, 1.82) is 0 Å². The molecule has 109 heavy (non-hydrogen) atoms. The van der Waals surface area contributed by atoms with Crippen LogP contribution in [0.5, 0.6) is 86.2 Å². The number of benzene rings is 2. The van der Waals surface area contributed by atoms with Gasteiger partial charge in [-0.1, -0.05) is 87.5 Å². The van der Waals surface area contributed by atoms with Crippen LogP contribution < -0.4 is 79.2 Å². The van der Waals surface area contributed by atoms with Crippen molar-refractivity contribution in [2.24, 2.45) is 0 Å². The second kappa shape index (κ2) is 39.9. The van der Waals surface area contributed by atoms with Gasteiger partial charge < -0.3 is 112 Å². The molecule has 0 aliphatic rings. The predicted octanol–water partition coefficient (Wildman–Crippen LogP) is 6.16. The highest BCUT2D eigenvalue weighted by Crippen LogP contribution is 2.21. The van der Waals surface area contributed by atoms with Crippen LogP contribution in [0.15, 0.2) is 136 Å². The normalized spacial score (nSPS) is 11.9. The largest absolute Gasteiger partial charge is 0.502 e. The Morgan fingerprint density at radius 3 is 0.954 bits per heavy atom. The van der Waals surface area contributed by atoms with Gasteiger partial charge in [-0.15, -0.1) is 0 Å². The molecule has 2 aromatic carbocycles. The highest BCUT2D eigenvalue weighted by Gasteiger charge is 2.13. The highest BCUT2D eigenvalue weighted by molar-refractivity contribution is 5.47. The Balaban J connectivity index is 0.000000182. The van der Waals surface area contributed by atoms with E-state index in [9.17, 15) is 74.4 Å². The van der Waals surface area contributed by atoms with Crippen molar-refractivity contribution in [3.8, 4) is 86.2 Å². The van der Waals surface area contributed by atoms with E-state index < -0.39 is 20.0 Å². The number of nitrogens with one attached hydrogen (secondary N) is 2. The lowest BCUT2D eigenvalue weighted by Gasteiger charge is -2.03. The molecule has 574 valence electrons. The maximum Gasteiger partial charge on any atom is 0.204 e. The van der Waals surface area contributed by atoms with Crippen molar-refractivity contribution in [3.05, 3.63) is 225 Å². The fraction of sp³-hybridized carbons (Fsp3) is 0.185. The van der Waals surface area contributed by atoms with Gasteiger partial charge in [-0.25, -0.2) is 13.2 Å². The molecule has 0 fully saturated rings. The van der Waals surface area contributed by atoms with Gasteiger partial charge in [0.25, 0.3) is 0 Å².